The van der Waals surface area contributed by atoms with Crippen LogP contribution in [0, 0.1) is 13.8 Å². The average molecular weight is 409 g/mol. The number of nitrogens with zero attached hydrogens (tertiary/aromatic N) is 6. The van der Waals surface area contributed by atoms with E-state index in [1.54, 1.807) is 0 Å². The maximum Gasteiger partial charge on any atom is 0.159 e. The Bertz CT molecular complexity index is 1070. The molecule has 0 amide bonds. The summed E-state index contributed by atoms with van der Waals surface area (Å²) in [6.07, 6.45) is 4.27. The van der Waals surface area contributed by atoms with Gasteiger partial charge in [-0.3, -0.25) is 0 Å². The van der Waals surface area contributed by atoms with Crippen molar-refractivity contribution in [3.63, 3.8) is 0 Å². The van der Waals surface area contributed by atoms with E-state index in [4.69, 9.17) is 0 Å². The highest BCUT2D eigenvalue weighted by molar-refractivity contribution is 5.82. The Morgan fingerprint density at radius 1 is 1.00 bits per heavy atom. The van der Waals surface area contributed by atoms with Gasteiger partial charge in [0.05, 0.1) is 11.7 Å². The first kappa shape index (κ1) is 19.4. The number of fused-ring (bicyclic) bond motifs is 1. The molecule has 2 atom stereocenters. The van der Waals surface area contributed by atoms with Gasteiger partial charge in [0, 0.05) is 37.0 Å². The van der Waals surface area contributed by atoms with Crippen molar-refractivity contribution in [2.24, 2.45) is 0 Å². The number of piperidine rings is 1. The number of halogens is 1. The fourth-order valence-electron chi connectivity index (χ4n) is 4.95. The van der Waals surface area contributed by atoms with E-state index in [0.717, 1.165) is 65.5 Å². The summed E-state index contributed by atoms with van der Waals surface area (Å²) in [6.45, 7) is 7.49. The molecule has 7 heteroatoms. The molecule has 5 rings (SSSR count). The SMILES string of the molecule is Cc1nc(N2CCCC2)cc(-n2ncc3cc(C)c([C@H]4CCN(C)C[C@H]4F)cc32)n1. The average Bonchev–Trinajstić information content (AvgIpc) is 3.37. The van der Waals surface area contributed by atoms with E-state index in [0.29, 0.717) is 6.54 Å². The van der Waals surface area contributed by atoms with Crippen LogP contribution in [0.1, 0.15) is 42.1 Å². The van der Waals surface area contributed by atoms with Gasteiger partial charge in [0.2, 0.25) is 0 Å². The normalized spacial score (nSPS) is 22.9. The lowest BCUT2D eigenvalue weighted by Crippen LogP contribution is -2.38. The summed E-state index contributed by atoms with van der Waals surface area (Å²) in [5.74, 6) is 2.41. The standard InChI is InChI=1S/C23H29FN6/c1-15-10-17-13-25-30(21(17)11-19(15)18-6-9-28(3)14-20(18)24)23-12-22(26-16(2)27-23)29-7-4-5-8-29/h10-13,18,20H,4-9,14H2,1-3H3/t18-,20-/m1/s1. The molecule has 30 heavy (non-hydrogen) atoms. The molecule has 0 unspecified atom stereocenters. The predicted octanol–water partition coefficient (Wildman–Crippen LogP) is 3.79. The van der Waals surface area contributed by atoms with Crippen LogP contribution in [-0.4, -0.2) is 64.0 Å². The molecule has 2 aliphatic rings. The van der Waals surface area contributed by atoms with E-state index < -0.39 is 6.17 Å². The zero-order valence-corrected chi connectivity index (χ0v) is 18.0. The number of likely N-dealkylation sites (tertiary alicyclic amines) is 1. The van der Waals surface area contributed by atoms with Gasteiger partial charge >= 0.3 is 0 Å². The number of aryl methyl sites for hydroxylation is 2. The van der Waals surface area contributed by atoms with Crippen molar-refractivity contribution in [1.82, 2.24) is 24.6 Å². The minimum atomic E-state index is -0.848. The molecule has 0 aliphatic carbocycles. The van der Waals surface area contributed by atoms with E-state index in [2.05, 4.69) is 43.9 Å². The summed E-state index contributed by atoms with van der Waals surface area (Å²) in [5.41, 5.74) is 3.21. The summed E-state index contributed by atoms with van der Waals surface area (Å²) in [4.78, 5) is 13.7. The Balaban J connectivity index is 1.58. The summed E-state index contributed by atoms with van der Waals surface area (Å²) in [7, 11) is 1.99. The van der Waals surface area contributed by atoms with Gasteiger partial charge in [-0.25, -0.2) is 19.0 Å². The largest absolute Gasteiger partial charge is 0.356 e. The maximum absolute atomic E-state index is 14.9. The molecule has 3 aromatic rings. The van der Waals surface area contributed by atoms with Crippen LogP contribution in [0.5, 0.6) is 0 Å². The number of rotatable bonds is 3. The Morgan fingerprint density at radius 2 is 1.77 bits per heavy atom. The molecule has 2 aromatic heterocycles. The lowest BCUT2D eigenvalue weighted by atomic mass is 9.85. The van der Waals surface area contributed by atoms with Crippen molar-refractivity contribution in [3.05, 3.63) is 41.3 Å². The van der Waals surface area contributed by atoms with Gasteiger partial charge in [-0.15, -0.1) is 0 Å². The minimum Gasteiger partial charge on any atom is -0.356 e. The summed E-state index contributed by atoms with van der Waals surface area (Å²) >= 11 is 0. The number of hydrogen-bond acceptors (Lipinski definition) is 5. The highest BCUT2D eigenvalue weighted by Gasteiger charge is 2.30. The summed E-state index contributed by atoms with van der Waals surface area (Å²) in [6, 6.07) is 6.29. The van der Waals surface area contributed by atoms with Gasteiger partial charge < -0.3 is 9.80 Å². The van der Waals surface area contributed by atoms with Crippen molar-refractivity contribution >= 4 is 16.7 Å². The zero-order chi connectivity index (χ0) is 20.8. The quantitative estimate of drug-likeness (QED) is 0.660. The molecule has 2 aliphatic heterocycles. The molecule has 0 bridgehead atoms. The van der Waals surface area contributed by atoms with Gasteiger partial charge in [0.15, 0.2) is 5.82 Å². The lowest BCUT2D eigenvalue weighted by molar-refractivity contribution is 0.139. The number of aromatic nitrogens is 4. The van der Waals surface area contributed by atoms with Crippen LogP contribution in [0.15, 0.2) is 24.4 Å². The summed E-state index contributed by atoms with van der Waals surface area (Å²) in [5, 5.41) is 5.69. The zero-order valence-electron chi connectivity index (χ0n) is 18.0. The van der Waals surface area contributed by atoms with E-state index in [-0.39, 0.29) is 5.92 Å². The van der Waals surface area contributed by atoms with Crippen LogP contribution >= 0.6 is 0 Å². The molecule has 158 valence electrons. The molecule has 0 radical (unpaired) electrons. The highest BCUT2D eigenvalue weighted by Crippen LogP contribution is 2.35. The molecule has 6 nitrogen and oxygen atoms in total. The van der Waals surface area contributed by atoms with Crippen molar-refractivity contribution in [2.75, 3.05) is 38.1 Å². The fraction of sp³-hybridized carbons (Fsp3) is 0.522. The van der Waals surface area contributed by atoms with Gasteiger partial charge in [-0.05, 0) is 70.0 Å². The third-order valence-corrected chi connectivity index (χ3v) is 6.56. The first-order valence-electron chi connectivity index (χ1n) is 10.9. The maximum atomic E-state index is 14.9. The molecule has 2 fully saturated rings. The van der Waals surface area contributed by atoms with Crippen LogP contribution < -0.4 is 4.90 Å². The van der Waals surface area contributed by atoms with Gasteiger partial charge in [0.25, 0.3) is 0 Å². The van der Waals surface area contributed by atoms with Crippen LogP contribution in [0.2, 0.25) is 0 Å². The molecule has 0 saturated carbocycles. The molecule has 2 saturated heterocycles. The fourth-order valence-corrected chi connectivity index (χ4v) is 4.95. The van der Waals surface area contributed by atoms with Crippen LogP contribution in [-0.2, 0) is 0 Å². The lowest BCUT2D eigenvalue weighted by Gasteiger charge is -2.33. The Labute approximate surface area is 176 Å². The third kappa shape index (κ3) is 3.45. The molecule has 0 spiro atoms. The number of hydrogen-bond donors (Lipinski definition) is 0. The first-order chi connectivity index (χ1) is 14.5. The number of benzene rings is 1. The molecule has 1 aromatic carbocycles. The topological polar surface area (TPSA) is 50.1 Å². The van der Waals surface area contributed by atoms with Crippen molar-refractivity contribution in [1.29, 1.82) is 0 Å². The number of anilines is 1. The second-order valence-corrected chi connectivity index (χ2v) is 8.82. The predicted molar refractivity (Wildman–Crippen MR) is 117 cm³/mol. The van der Waals surface area contributed by atoms with Crippen LogP contribution in [0.3, 0.4) is 0 Å². The van der Waals surface area contributed by atoms with E-state index in [9.17, 15) is 4.39 Å². The minimum absolute atomic E-state index is 0.0683. The smallest absolute Gasteiger partial charge is 0.159 e. The van der Waals surface area contributed by atoms with E-state index in [1.807, 2.05) is 30.9 Å². The second-order valence-electron chi connectivity index (χ2n) is 8.82. The molecule has 4 heterocycles. The molecular weight excluding hydrogens is 379 g/mol. The second kappa shape index (κ2) is 7.61. The van der Waals surface area contributed by atoms with Gasteiger partial charge in [-0.1, -0.05) is 0 Å². The van der Waals surface area contributed by atoms with Gasteiger partial charge in [0.1, 0.15) is 17.8 Å². The van der Waals surface area contributed by atoms with Crippen LogP contribution in [0.25, 0.3) is 16.7 Å². The highest BCUT2D eigenvalue weighted by atomic mass is 19.1. The van der Waals surface area contributed by atoms with Gasteiger partial charge in [-0.2, -0.15) is 5.10 Å². The summed E-state index contributed by atoms with van der Waals surface area (Å²) < 4.78 is 16.8. The number of alkyl halides is 1. The Hall–Kier alpha value is -2.54. The Morgan fingerprint density at radius 3 is 2.53 bits per heavy atom. The van der Waals surface area contributed by atoms with Crippen molar-refractivity contribution < 1.29 is 4.39 Å². The monoisotopic (exact) mass is 408 g/mol. The van der Waals surface area contributed by atoms with E-state index in [1.165, 1.54) is 12.8 Å². The Kier molecular flexibility index (Phi) is 4.93. The van der Waals surface area contributed by atoms with Crippen molar-refractivity contribution in [2.45, 2.75) is 45.2 Å². The molecule has 0 N–H and O–H groups in total. The third-order valence-electron chi connectivity index (χ3n) is 6.56. The van der Waals surface area contributed by atoms with Crippen LogP contribution in [0.4, 0.5) is 10.2 Å². The van der Waals surface area contributed by atoms with E-state index >= 15 is 0 Å². The first-order valence-corrected chi connectivity index (χ1v) is 10.9. The van der Waals surface area contributed by atoms with Crippen molar-refractivity contribution in [3.8, 4) is 5.82 Å². The molecular formula is C23H29FN6.